The largest absolute Gasteiger partial charge is 0.349 e. The van der Waals surface area contributed by atoms with Crippen LogP contribution in [-0.2, 0) is 10.5 Å². The van der Waals surface area contributed by atoms with Gasteiger partial charge in [0.25, 0.3) is 0 Å². The monoisotopic (exact) mass is 319 g/mol. The minimum atomic E-state index is -0.00732. The van der Waals surface area contributed by atoms with Crippen LogP contribution in [0.25, 0.3) is 0 Å². The predicted octanol–water partition coefficient (Wildman–Crippen LogP) is 4.45. The van der Waals surface area contributed by atoms with Crippen LogP contribution in [0.3, 0.4) is 0 Å². The highest BCUT2D eigenvalue weighted by Gasteiger charge is 2.09. The van der Waals surface area contributed by atoms with Crippen molar-refractivity contribution in [2.45, 2.75) is 18.7 Å². The molecular weight excluding hydrogens is 302 g/mol. The maximum absolute atomic E-state index is 11.9. The zero-order valence-electron chi connectivity index (χ0n) is 11.9. The molecule has 0 heterocycles. The lowest BCUT2D eigenvalue weighted by molar-refractivity contribution is -0.119. The van der Waals surface area contributed by atoms with Gasteiger partial charge in [-0.1, -0.05) is 54.1 Å². The average molecular weight is 320 g/mol. The van der Waals surface area contributed by atoms with Gasteiger partial charge in [-0.3, -0.25) is 4.79 Å². The molecule has 0 aliphatic carbocycles. The maximum Gasteiger partial charge on any atom is 0.230 e. The lowest BCUT2D eigenvalue weighted by atomic mass is 10.1. The Morgan fingerprint density at radius 1 is 1.14 bits per heavy atom. The second kappa shape index (κ2) is 8.11. The van der Waals surface area contributed by atoms with Gasteiger partial charge in [0.15, 0.2) is 0 Å². The van der Waals surface area contributed by atoms with Gasteiger partial charge in [-0.05, 0) is 30.2 Å². The molecule has 21 heavy (non-hydrogen) atoms. The standard InChI is InChI=1S/C17H18ClNOS/c1-13(15-7-9-16(18)10-8-15)19-17(20)12-21-11-14-5-3-2-4-6-14/h2-10,13H,11-12H2,1H3,(H,19,20)/t13-/m1/s1. The normalized spacial score (nSPS) is 11.9. The third kappa shape index (κ3) is 5.44. The number of thioether (sulfide) groups is 1. The fraction of sp³-hybridized carbons (Fsp3) is 0.235. The number of amides is 1. The van der Waals surface area contributed by atoms with Gasteiger partial charge < -0.3 is 5.32 Å². The zero-order valence-corrected chi connectivity index (χ0v) is 13.5. The highest BCUT2D eigenvalue weighted by molar-refractivity contribution is 7.99. The summed E-state index contributed by atoms with van der Waals surface area (Å²) in [6.45, 7) is 1.98. The minimum Gasteiger partial charge on any atom is -0.349 e. The van der Waals surface area contributed by atoms with Crippen LogP contribution in [0, 0.1) is 0 Å². The fourth-order valence-corrected chi connectivity index (χ4v) is 2.88. The third-order valence-electron chi connectivity index (χ3n) is 3.09. The van der Waals surface area contributed by atoms with Crippen molar-refractivity contribution in [1.82, 2.24) is 5.32 Å². The molecule has 0 saturated carbocycles. The fourth-order valence-electron chi connectivity index (χ4n) is 1.95. The summed E-state index contributed by atoms with van der Waals surface area (Å²) in [5.41, 5.74) is 2.29. The number of hydrogen-bond acceptors (Lipinski definition) is 2. The molecular formula is C17H18ClNOS. The van der Waals surface area contributed by atoms with E-state index in [1.807, 2.05) is 49.4 Å². The molecule has 0 bridgehead atoms. The van der Waals surface area contributed by atoms with Gasteiger partial charge in [0, 0.05) is 10.8 Å². The summed E-state index contributed by atoms with van der Waals surface area (Å²) in [6.07, 6.45) is 0. The van der Waals surface area contributed by atoms with Gasteiger partial charge in [0.05, 0.1) is 11.8 Å². The van der Waals surface area contributed by atoms with Crippen molar-refractivity contribution in [3.63, 3.8) is 0 Å². The van der Waals surface area contributed by atoms with Crippen molar-refractivity contribution < 1.29 is 4.79 Å². The topological polar surface area (TPSA) is 29.1 Å². The van der Waals surface area contributed by atoms with E-state index in [0.717, 1.165) is 11.3 Å². The third-order valence-corrected chi connectivity index (χ3v) is 4.35. The molecule has 1 atom stereocenters. The van der Waals surface area contributed by atoms with Crippen LogP contribution in [0.4, 0.5) is 0 Å². The van der Waals surface area contributed by atoms with Crippen molar-refractivity contribution in [2.75, 3.05) is 5.75 Å². The van der Waals surface area contributed by atoms with Crippen LogP contribution in [0.2, 0.25) is 5.02 Å². The minimum absolute atomic E-state index is 0.00732. The summed E-state index contributed by atoms with van der Waals surface area (Å²) < 4.78 is 0. The van der Waals surface area contributed by atoms with E-state index in [4.69, 9.17) is 11.6 Å². The molecule has 1 N–H and O–H groups in total. The molecule has 0 spiro atoms. The van der Waals surface area contributed by atoms with Gasteiger partial charge in [-0.15, -0.1) is 11.8 Å². The van der Waals surface area contributed by atoms with Crippen LogP contribution >= 0.6 is 23.4 Å². The van der Waals surface area contributed by atoms with E-state index in [2.05, 4.69) is 17.4 Å². The van der Waals surface area contributed by atoms with E-state index in [1.165, 1.54) is 5.56 Å². The number of benzene rings is 2. The first-order chi connectivity index (χ1) is 10.1. The lowest BCUT2D eigenvalue weighted by Gasteiger charge is -2.14. The number of rotatable bonds is 6. The molecule has 110 valence electrons. The average Bonchev–Trinajstić information content (AvgIpc) is 2.49. The molecule has 1 amide bonds. The van der Waals surface area contributed by atoms with Crippen molar-refractivity contribution in [1.29, 1.82) is 0 Å². The first-order valence-corrected chi connectivity index (χ1v) is 8.35. The molecule has 0 unspecified atom stereocenters. The van der Waals surface area contributed by atoms with Gasteiger partial charge >= 0.3 is 0 Å². The van der Waals surface area contributed by atoms with Crippen LogP contribution in [0.1, 0.15) is 24.1 Å². The highest BCUT2D eigenvalue weighted by Crippen LogP contribution is 2.17. The van der Waals surface area contributed by atoms with Crippen LogP contribution in [0.5, 0.6) is 0 Å². The summed E-state index contributed by atoms with van der Waals surface area (Å²) >= 11 is 7.48. The Bertz CT molecular complexity index is 571. The van der Waals surface area contributed by atoms with Gasteiger partial charge in [-0.25, -0.2) is 0 Å². The molecule has 2 aromatic rings. The number of hydrogen-bond donors (Lipinski definition) is 1. The van der Waals surface area contributed by atoms with E-state index < -0.39 is 0 Å². The Balaban J connectivity index is 1.75. The van der Waals surface area contributed by atoms with Crippen molar-refractivity contribution >= 4 is 29.3 Å². The van der Waals surface area contributed by atoms with Gasteiger partial charge in [0.1, 0.15) is 0 Å². The summed E-state index contributed by atoms with van der Waals surface area (Å²) in [7, 11) is 0. The zero-order chi connectivity index (χ0) is 15.1. The van der Waals surface area contributed by atoms with Crippen molar-refractivity contribution in [3.05, 3.63) is 70.7 Å². The van der Waals surface area contributed by atoms with E-state index in [0.29, 0.717) is 10.8 Å². The molecule has 0 aromatic heterocycles. The maximum atomic E-state index is 11.9. The van der Waals surface area contributed by atoms with E-state index in [9.17, 15) is 4.79 Å². The summed E-state index contributed by atoms with van der Waals surface area (Å²) in [5.74, 6) is 1.37. The Kier molecular flexibility index (Phi) is 6.15. The van der Waals surface area contributed by atoms with Crippen molar-refractivity contribution in [2.24, 2.45) is 0 Å². The molecule has 4 heteroatoms. The quantitative estimate of drug-likeness (QED) is 0.852. The number of nitrogens with one attached hydrogen (secondary N) is 1. The lowest BCUT2D eigenvalue weighted by Crippen LogP contribution is -2.28. The van der Waals surface area contributed by atoms with Crippen LogP contribution in [-0.4, -0.2) is 11.7 Å². The molecule has 0 aliphatic heterocycles. The summed E-state index contributed by atoms with van der Waals surface area (Å²) in [5, 5.41) is 3.70. The van der Waals surface area contributed by atoms with Crippen LogP contribution < -0.4 is 5.32 Å². The first-order valence-electron chi connectivity index (χ1n) is 6.81. The Labute approximate surface area is 134 Å². The van der Waals surface area contributed by atoms with E-state index in [-0.39, 0.29) is 11.9 Å². The van der Waals surface area contributed by atoms with E-state index >= 15 is 0 Å². The number of halogens is 1. The van der Waals surface area contributed by atoms with Gasteiger partial charge in [-0.2, -0.15) is 0 Å². The second-order valence-corrected chi connectivity index (χ2v) is 6.24. The number of carbonyl (C=O) groups excluding carboxylic acids is 1. The van der Waals surface area contributed by atoms with E-state index in [1.54, 1.807) is 11.8 Å². The molecule has 0 radical (unpaired) electrons. The first kappa shape index (κ1) is 15.9. The smallest absolute Gasteiger partial charge is 0.230 e. The predicted molar refractivity (Wildman–Crippen MR) is 90.6 cm³/mol. The molecule has 0 saturated heterocycles. The molecule has 0 aliphatic rings. The molecule has 2 rings (SSSR count). The summed E-state index contributed by atoms with van der Waals surface area (Å²) in [6, 6.07) is 17.7. The Hall–Kier alpha value is -1.45. The SMILES string of the molecule is C[C@@H](NC(=O)CSCc1ccccc1)c1ccc(Cl)cc1. The second-order valence-electron chi connectivity index (χ2n) is 4.82. The van der Waals surface area contributed by atoms with Crippen LogP contribution in [0.15, 0.2) is 54.6 Å². The molecule has 2 aromatic carbocycles. The summed E-state index contributed by atoms with van der Waals surface area (Å²) in [4.78, 5) is 11.9. The Morgan fingerprint density at radius 3 is 2.48 bits per heavy atom. The van der Waals surface area contributed by atoms with Gasteiger partial charge in [0.2, 0.25) is 5.91 Å². The Morgan fingerprint density at radius 2 is 1.81 bits per heavy atom. The highest BCUT2D eigenvalue weighted by atomic mass is 35.5. The molecule has 0 fully saturated rings. The number of carbonyl (C=O) groups is 1. The molecule has 2 nitrogen and oxygen atoms in total. The van der Waals surface area contributed by atoms with Crippen molar-refractivity contribution in [3.8, 4) is 0 Å².